The van der Waals surface area contributed by atoms with Crippen LogP contribution in [-0.2, 0) is 30.4 Å². The van der Waals surface area contributed by atoms with Crippen molar-refractivity contribution < 1.29 is 34.2 Å². The lowest BCUT2D eigenvalue weighted by atomic mass is 9.98. The summed E-state index contributed by atoms with van der Waals surface area (Å²) in [6.45, 7) is 3.85. The Kier molecular flexibility index (Phi) is 14.5. The molecule has 0 spiro atoms. The Hall–Kier alpha value is -3.71. The number of amides is 4. The summed E-state index contributed by atoms with van der Waals surface area (Å²) in [4.78, 5) is 62.1. The van der Waals surface area contributed by atoms with Gasteiger partial charge in [0.25, 0.3) is 0 Å². The molecule has 218 valence electrons. The third-order valence-corrected chi connectivity index (χ3v) is 6.40. The highest BCUT2D eigenvalue weighted by molar-refractivity contribution is 5.94. The molecule has 5 unspecified atom stereocenters. The molecular weight excluding hydrogens is 508 g/mol. The third-order valence-electron chi connectivity index (χ3n) is 6.40. The molecule has 0 saturated heterocycles. The number of carboxylic acid groups (broad SMARTS) is 1. The maximum absolute atomic E-state index is 13.2. The van der Waals surface area contributed by atoms with Crippen LogP contribution in [0, 0.1) is 5.92 Å². The van der Waals surface area contributed by atoms with Crippen LogP contribution in [0.2, 0.25) is 0 Å². The highest BCUT2D eigenvalue weighted by Crippen LogP contribution is 2.12. The van der Waals surface area contributed by atoms with Crippen LogP contribution in [0.1, 0.15) is 57.9 Å². The van der Waals surface area contributed by atoms with Gasteiger partial charge in [0.05, 0.1) is 6.04 Å². The van der Waals surface area contributed by atoms with Gasteiger partial charge in [-0.1, -0.05) is 32.4 Å². The normalized spacial score (nSPS) is 14.8. The molecule has 1 aromatic carbocycles. The number of rotatable bonds is 18. The number of hydrogen-bond acceptors (Lipinski definition) is 8. The summed E-state index contributed by atoms with van der Waals surface area (Å²) in [5.74, 6) is -4.28. The fourth-order valence-electron chi connectivity index (χ4n) is 3.78. The molecule has 0 saturated carbocycles. The summed E-state index contributed by atoms with van der Waals surface area (Å²) in [6.07, 6.45) is 1.50. The second-order valence-electron chi connectivity index (χ2n) is 9.60. The molecule has 0 aliphatic rings. The molecule has 0 heterocycles. The number of hydrogen-bond donors (Lipinski definition) is 8. The molecule has 0 fully saturated rings. The van der Waals surface area contributed by atoms with Crippen molar-refractivity contribution in [1.82, 2.24) is 16.0 Å². The van der Waals surface area contributed by atoms with E-state index in [9.17, 15) is 34.2 Å². The van der Waals surface area contributed by atoms with Gasteiger partial charge in [0.1, 0.15) is 23.9 Å². The average molecular weight is 551 g/mol. The average Bonchev–Trinajstić information content (AvgIpc) is 2.89. The molecule has 0 aromatic heterocycles. The van der Waals surface area contributed by atoms with E-state index in [-0.39, 0.29) is 37.4 Å². The number of nitrogens with two attached hydrogens (primary N) is 3. The molecule has 5 atom stereocenters. The van der Waals surface area contributed by atoms with E-state index >= 15 is 0 Å². The first-order chi connectivity index (χ1) is 18.4. The largest absolute Gasteiger partial charge is 0.508 e. The fourth-order valence-corrected chi connectivity index (χ4v) is 3.78. The van der Waals surface area contributed by atoms with Crippen molar-refractivity contribution in [2.75, 3.05) is 6.54 Å². The maximum atomic E-state index is 13.2. The maximum Gasteiger partial charge on any atom is 0.326 e. The van der Waals surface area contributed by atoms with E-state index in [0.717, 1.165) is 0 Å². The Morgan fingerprint density at radius 2 is 1.46 bits per heavy atom. The van der Waals surface area contributed by atoms with Gasteiger partial charge in [0, 0.05) is 6.42 Å². The zero-order valence-electron chi connectivity index (χ0n) is 22.5. The van der Waals surface area contributed by atoms with Gasteiger partial charge in [-0.3, -0.25) is 19.2 Å². The lowest BCUT2D eigenvalue weighted by Gasteiger charge is -2.26. The summed E-state index contributed by atoms with van der Waals surface area (Å²) in [5.41, 5.74) is 17.5. The van der Waals surface area contributed by atoms with Gasteiger partial charge in [-0.25, -0.2) is 4.79 Å². The molecule has 13 nitrogen and oxygen atoms in total. The first kappa shape index (κ1) is 33.3. The standard InChI is InChI=1S/C26H42N6O7/c1-3-15(2)22(26(38)39)32-25(37)19(6-4-5-13-27)31-24(36)20(11-12-21(29)34)30-23(35)18(28)14-16-7-9-17(33)10-8-16/h7-10,15,18-20,22,33H,3-6,11-14,27-28H2,1-2H3,(H2,29,34)(H,30,35)(H,31,36)(H,32,37)(H,38,39). The van der Waals surface area contributed by atoms with Gasteiger partial charge < -0.3 is 43.4 Å². The zero-order chi connectivity index (χ0) is 29.5. The van der Waals surface area contributed by atoms with Crippen LogP contribution in [0.5, 0.6) is 5.75 Å². The Morgan fingerprint density at radius 1 is 0.897 bits per heavy atom. The van der Waals surface area contributed by atoms with Crippen LogP contribution >= 0.6 is 0 Å². The van der Waals surface area contributed by atoms with E-state index in [4.69, 9.17) is 17.2 Å². The zero-order valence-corrected chi connectivity index (χ0v) is 22.5. The Labute approximate surface area is 228 Å². The molecule has 11 N–H and O–H groups in total. The van der Waals surface area contributed by atoms with Crippen molar-refractivity contribution in [3.63, 3.8) is 0 Å². The summed E-state index contributed by atoms with van der Waals surface area (Å²) < 4.78 is 0. The highest BCUT2D eigenvalue weighted by Gasteiger charge is 2.32. The monoisotopic (exact) mass is 550 g/mol. The minimum absolute atomic E-state index is 0.0591. The number of carboxylic acids is 1. The molecular formula is C26H42N6O7. The van der Waals surface area contributed by atoms with Gasteiger partial charge >= 0.3 is 5.97 Å². The van der Waals surface area contributed by atoms with Crippen LogP contribution in [0.4, 0.5) is 0 Å². The van der Waals surface area contributed by atoms with E-state index in [1.807, 2.05) is 0 Å². The van der Waals surface area contributed by atoms with E-state index in [0.29, 0.717) is 31.4 Å². The molecule has 4 amide bonds. The molecule has 0 radical (unpaired) electrons. The molecule has 0 aliphatic heterocycles. The number of carbonyl (C=O) groups excluding carboxylic acids is 4. The SMILES string of the molecule is CCC(C)C(NC(=O)C(CCCCN)NC(=O)C(CCC(N)=O)NC(=O)C(N)Cc1ccc(O)cc1)C(=O)O. The number of primary amides is 1. The molecule has 39 heavy (non-hydrogen) atoms. The Bertz CT molecular complexity index is 972. The fraction of sp³-hybridized carbons (Fsp3) is 0.577. The smallest absolute Gasteiger partial charge is 0.326 e. The predicted octanol–water partition coefficient (Wildman–Crippen LogP) is -0.758. The van der Waals surface area contributed by atoms with Crippen molar-refractivity contribution in [2.45, 2.75) is 83.0 Å². The van der Waals surface area contributed by atoms with Crippen LogP contribution in [0.3, 0.4) is 0 Å². The van der Waals surface area contributed by atoms with Crippen molar-refractivity contribution in [1.29, 1.82) is 0 Å². The first-order valence-electron chi connectivity index (χ1n) is 13.0. The summed E-state index contributed by atoms with van der Waals surface area (Å²) >= 11 is 0. The number of nitrogens with one attached hydrogen (secondary N) is 3. The summed E-state index contributed by atoms with van der Waals surface area (Å²) in [5, 5.41) is 26.6. The number of aliphatic carboxylic acids is 1. The quantitative estimate of drug-likeness (QED) is 0.107. The lowest BCUT2D eigenvalue weighted by molar-refractivity contribution is -0.144. The van der Waals surface area contributed by atoms with Gasteiger partial charge in [0.15, 0.2) is 0 Å². The number of phenols is 1. The van der Waals surface area contributed by atoms with Crippen LogP contribution < -0.4 is 33.2 Å². The van der Waals surface area contributed by atoms with E-state index in [1.165, 1.54) is 12.1 Å². The Morgan fingerprint density at radius 3 is 2.00 bits per heavy atom. The lowest BCUT2D eigenvalue weighted by Crippen LogP contribution is -2.58. The van der Waals surface area contributed by atoms with E-state index in [1.54, 1.807) is 26.0 Å². The number of unbranched alkanes of at least 4 members (excludes halogenated alkanes) is 1. The van der Waals surface area contributed by atoms with Crippen LogP contribution in [0.25, 0.3) is 0 Å². The van der Waals surface area contributed by atoms with Crippen molar-refractivity contribution >= 4 is 29.6 Å². The van der Waals surface area contributed by atoms with Crippen LogP contribution in [-0.4, -0.2) is 70.5 Å². The van der Waals surface area contributed by atoms with Gasteiger partial charge in [-0.05, 0) is 62.3 Å². The molecule has 0 aliphatic carbocycles. The van der Waals surface area contributed by atoms with E-state index < -0.39 is 53.8 Å². The second kappa shape index (κ2) is 17.0. The van der Waals surface area contributed by atoms with Crippen LogP contribution in [0.15, 0.2) is 24.3 Å². The number of aromatic hydroxyl groups is 1. The van der Waals surface area contributed by atoms with Crippen molar-refractivity contribution in [3.8, 4) is 5.75 Å². The molecule has 0 bridgehead atoms. The second-order valence-corrected chi connectivity index (χ2v) is 9.60. The topological polar surface area (TPSA) is 240 Å². The van der Waals surface area contributed by atoms with E-state index in [2.05, 4.69) is 16.0 Å². The first-order valence-corrected chi connectivity index (χ1v) is 13.0. The Balaban J connectivity index is 3.03. The minimum Gasteiger partial charge on any atom is -0.508 e. The third kappa shape index (κ3) is 12.1. The highest BCUT2D eigenvalue weighted by atomic mass is 16.4. The van der Waals surface area contributed by atoms with Gasteiger partial charge in [0.2, 0.25) is 23.6 Å². The minimum atomic E-state index is -1.23. The number of phenolic OH excluding ortho intramolecular Hbond substituents is 1. The molecule has 1 rings (SSSR count). The summed E-state index contributed by atoms with van der Waals surface area (Å²) in [7, 11) is 0. The molecule has 1 aromatic rings. The molecule has 13 heteroatoms. The van der Waals surface area contributed by atoms with Crippen molar-refractivity contribution in [3.05, 3.63) is 29.8 Å². The summed E-state index contributed by atoms with van der Waals surface area (Å²) in [6, 6.07) is 1.58. The number of benzene rings is 1. The number of carbonyl (C=O) groups is 5. The van der Waals surface area contributed by atoms with Gasteiger partial charge in [-0.2, -0.15) is 0 Å². The van der Waals surface area contributed by atoms with Gasteiger partial charge in [-0.15, -0.1) is 0 Å². The predicted molar refractivity (Wildman–Crippen MR) is 144 cm³/mol. The van der Waals surface area contributed by atoms with Crippen molar-refractivity contribution in [2.24, 2.45) is 23.1 Å².